The van der Waals surface area contributed by atoms with Crippen LogP contribution in [-0.2, 0) is 27.5 Å². The molecule has 1 aliphatic rings. The number of amides is 2. The van der Waals surface area contributed by atoms with Gasteiger partial charge in [-0.3, -0.25) is 15.0 Å². The van der Waals surface area contributed by atoms with Gasteiger partial charge in [0.1, 0.15) is 12.4 Å². The number of benzene rings is 3. The Morgan fingerprint density at radius 3 is 2.18 bits per heavy atom. The average Bonchev–Trinajstić information content (AvgIpc) is 2.98. The van der Waals surface area contributed by atoms with E-state index in [9.17, 15) is 27.6 Å². The van der Waals surface area contributed by atoms with E-state index in [0.717, 1.165) is 0 Å². The van der Waals surface area contributed by atoms with Gasteiger partial charge in [-0.2, -0.15) is 13.2 Å². The van der Waals surface area contributed by atoms with E-state index in [0.29, 0.717) is 21.7 Å². The van der Waals surface area contributed by atoms with E-state index in [4.69, 9.17) is 27.6 Å². The van der Waals surface area contributed by atoms with Gasteiger partial charge in [0, 0.05) is 33.3 Å². The Morgan fingerprint density at radius 2 is 1.58 bits per heavy atom. The lowest BCUT2D eigenvalue weighted by atomic mass is 10.1. The van der Waals surface area contributed by atoms with Crippen molar-refractivity contribution in [3.63, 3.8) is 0 Å². The van der Waals surface area contributed by atoms with Crippen LogP contribution in [0.25, 0.3) is 0 Å². The Morgan fingerprint density at radius 1 is 0.974 bits per heavy atom. The highest BCUT2D eigenvalue weighted by Crippen LogP contribution is 2.37. The molecular weight excluding hydrogens is 525 g/mol. The van der Waals surface area contributed by atoms with Crippen LogP contribution in [0, 0.1) is 5.41 Å². The van der Waals surface area contributed by atoms with Gasteiger partial charge >= 0.3 is 18.1 Å². The number of nitrogens with one attached hydrogen (secondary N) is 1. The first kappa shape index (κ1) is 26.8. The molecule has 0 radical (unpaired) electrons. The maximum atomic E-state index is 13.8. The summed E-state index contributed by atoms with van der Waals surface area (Å²) in [7, 11) is 0. The van der Waals surface area contributed by atoms with E-state index in [-0.39, 0.29) is 23.6 Å². The van der Waals surface area contributed by atoms with Gasteiger partial charge in [-0.25, -0.2) is 9.59 Å². The number of carbonyl (C=O) groups excluding carboxylic acids is 3. The number of nitrogen functional groups attached to an aromatic ring is 1. The van der Waals surface area contributed by atoms with Crippen molar-refractivity contribution in [3.05, 3.63) is 100 Å². The maximum Gasteiger partial charge on any atom is 0.497 e. The summed E-state index contributed by atoms with van der Waals surface area (Å²) in [5.41, 5.74) is 6.67. The molecule has 0 saturated heterocycles. The van der Waals surface area contributed by atoms with Crippen LogP contribution in [0.4, 0.5) is 18.9 Å². The van der Waals surface area contributed by atoms with E-state index in [1.807, 2.05) is 0 Å². The molecule has 4 rings (SSSR count). The Bertz CT molecular complexity index is 1410. The lowest BCUT2D eigenvalue weighted by Gasteiger charge is -2.31. The number of nitrogens with zero attached hydrogens (tertiary/aromatic N) is 2. The van der Waals surface area contributed by atoms with Gasteiger partial charge in [0.05, 0.1) is 6.54 Å². The summed E-state index contributed by atoms with van der Waals surface area (Å²) in [5.74, 6) is -4.31. The zero-order chi connectivity index (χ0) is 27.7. The highest BCUT2D eigenvalue weighted by molar-refractivity contribution is 6.30. The van der Waals surface area contributed by atoms with Crippen molar-refractivity contribution >= 4 is 40.9 Å². The normalized spacial score (nSPS) is 17.4. The number of para-hydroxylation sites is 1. The summed E-state index contributed by atoms with van der Waals surface area (Å²) in [4.78, 5) is 45.4. The van der Waals surface area contributed by atoms with Crippen molar-refractivity contribution in [1.82, 2.24) is 9.55 Å². The summed E-state index contributed by atoms with van der Waals surface area (Å²) in [5, 5.41) is 7.93. The fraction of sp³-hybridized carbons (Fsp3) is 0.154. The first-order chi connectivity index (χ1) is 17.9. The fourth-order valence-corrected chi connectivity index (χ4v) is 4.26. The van der Waals surface area contributed by atoms with Crippen molar-refractivity contribution in [2.75, 3.05) is 6.54 Å². The topological polar surface area (TPSA) is 114 Å². The highest BCUT2D eigenvalue weighted by atomic mass is 35.5. The smallest absolute Gasteiger partial charge is 0.384 e. The van der Waals surface area contributed by atoms with E-state index in [1.54, 1.807) is 12.1 Å². The summed E-state index contributed by atoms with van der Waals surface area (Å²) in [6, 6.07) is 17.8. The fourth-order valence-electron chi connectivity index (χ4n) is 4.13. The third-order valence-electron chi connectivity index (χ3n) is 5.99. The third kappa shape index (κ3) is 5.38. The molecule has 1 atom stereocenters. The van der Waals surface area contributed by atoms with E-state index in [1.165, 1.54) is 65.6 Å². The van der Waals surface area contributed by atoms with Gasteiger partial charge in [-0.1, -0.05) is 54.1 Å². The number of alkyl halides is 3. The summed E-state index contributed by atoms with van der Waals surface area (Å²) < 4.78 is 38.8. The van der Waals surface area contributed by atoms with Crippen molar-refractivity contribution in [2.45, 2.75) is 19.3 Å². The van der Waals surface area contributed by atoms with Crippen LogP contribution in [0.3, 0.4) is 0 Å². The van der Waals surface area contributed by atoms with E-state index in [2.05, 4.69) is 0 Å². The second-order valence-electron chi connectivity index (χ2n) is 8.58. The molecule has 3 aromatic rings. The molecule has 0 spiro atoms. The summed E-state index contributed by atoms with van der Waals surface area (Å²) >= 11 is 5.90. The average molecular weight is 546 g/mol. The quantitative estimate of drug-likeness (QED) is 0.281. The largest absolute Gasteiger partial charge is 0.497 e. The number of rotatable bonds is 5. The molecule has 196 valence electrons. The molecule has 3 aromatic carbocycles. The number of halogens is 4. The molecule has 1 unspecified atom stereocenters. The van der Waals surface area contributed by atoms with Crippen LogP contribution < -0.4 is 10.4 Å². The first-order valence-corrected chi connectivity index (χ1v) is 11.6. The molecular formula is C26H21ClF3N4O4+. The molecule has 3 N–H and O–H groups in total. The Balaban J connectivity index is 1.82. The van der Waals surface area contributed by atoms with Crippen molar-refractivity contribution in [2.24, 2.45) is 5.73 Å². The van der Waals surface area contributed by atoms with Crippen molar-refractivity contribution < 1.29 is 32.4 Å². The number of amidine groups is 1. The molecule has 1 aliphatic heterocycles. The van der Waals surface area contributed by atoms with Gasteiger partial charge in [-0.05, 0) is 28.9 Å². The molecule has 0 saturated carbocycles. The maximum absolute atomic E-state index is 13.8. The molecule has 8 nitrogen and oxygen atoms in total. The van der Waals surface area contributed by atoms with Gasteiger partial charge in [0.25, 0.3) is 5.91 Å². The second-order valence-corrected chi connectivity index (χ2v) is 9.01. The van der Waals surface area contributed by atoms with Gasteiger partial charge in [0.2, 0.25) is 0 Å². The van der Waals surface area contributed by atoms with Crippen LogP contribution in [0.15, 0.2) is 72.8 Å². The molecule has 1 heterocycles. The van der Waals surface area contributed by atoms with Crippen molar-refractivity contribution in [1.29, 1.82) is 5.41 Å². The molecule has 0 aromatic heterocycles. The summed E-state index contributed by atoms with van der Waals surface area (Å²) in [6.45, 7) is -1.28. The zero-order valence-corrected chi connectivity index (χ0v) is 20.4. The van der Waals surface area contributed by atoms with Crippen LogP contribution in [0.1, 0.15) is 27.0 Å². The monoisotopic (exact) mass is 545 g/mol. The van der Waals surface area contributed by atoms with Gasteiger partial charge in [-0.15, -0.1) is 0 Å². The Kier molecular flexibility index (Phi) is 7.25. The van der Waals surface area contributed by atoms with Crippen LogP contribution in [0.5, 0.6) is 0 Å². The number of hydrogen-bond donors (Lipinski definition) is 2. The SMILES string of the molecule is N=C(N)c1ccc(C[N+]2(OC(=O)C(F)(F)F)C(=O)CN(C(=O)c3ccc(Cl)cc3)Cc3ccccc32)cc1. The number of fused-ring (bicyclic) bond motifs is 1. The molecule has 38 heavy (non-hydrogen) atoms. The third-order valence-corrected chi connectivity index (χ3v) is 6.24. The predicted molar refractivity (Wildman–Crippen MR) is 133 cm³/mol. The van der Waals surface area contributed by atoms with E-state index >= 15 is 0 Å². The number of nitrogens with two attached hydrogens (primary N) is 1. The molecule has 2 amide bonds. The van der Waals surface area contributed by atoms with Gasteiger partial charge < -0.3 is 10.6 Å². The second kappa shape index (κ2) is 10.3. The van der Waals surface area contributed by atoms with Gasteiger partial charge in [0.15, 0.2) is 12.2 Å². The number of hydrogen-bond acceptors (Lipinski definition) is 5. The Labute approximate surface area is 220 Å². The van der Waals surface area contributed by atoms with Crippen molar-refractivity contribution in [3.8, 4) is 0 Å². The minimum atomic E-state index is -5.38. The lowest BCUT2D eigenvalue weighted by Crippen LogP contribution is -2.58. The van der Waals surface area contributed by atoms with Crippen LogP contribution in [0.2, 0.25) is 5.02 Å². The van der Waals surface area contributed by atoms with E-state index < -0.39 is 41.7 Å². The number of carbonyl (C=O) groups is 3. The highest BCUT2D eigenvalue weighted by Gasteiger charge is 2.55. The predicted octanol–water partition coefficient (Wildman–Crippen LogP) is 4.33. The van der Waals surface area contributed by atoms with Crippen LogP contribution >= 0.6 is 11.6 Å². The molecule has 12 heteroatoms. The molecule has 0 aliphatic carbocycles. The lowest BCUT2D eigenvalue weighted by molar-refractivity contribution is -0.235. The van der Waals surface area contributed by atoms with Crippen LogP contribution in [-0.4, -0.2) is 41.2 Å². The molecule has 0 fully saturated rings. The number of quaternary nitrogens is 1. The first-order valence-electron chi connectivity index (χ1n) is 11.2. The number of hydroxylamine groups is 2. The summed E-state index contributed by atoms with van der Waals surface area (Å²) in [6.07, 6.45) is -5.38. The zero-order valence-electron chi connectivity index (χ0n) is 19.7. The standard InChI is InChI=1S/C26H21ClF3N4O4/c27-20-11-9-18(10-12-20)24(36)33-13-19-3-1-2-4-21(19)34(22(35)14-33,38-25(37)26(28,29)30)15-16-5-7-17(8-6-16)23(31)32/h1-12H,13-15H2,(H3,31,32)/q+1. The minimum absolute atomic E-state index is 0.0165. The Hall–Kier alpha value is -4.22. The minimum Gasteiger partial charge on any atom is -0.384 e. The molecule has 0 bridgehead atoms.